The predicted octanol–water partition coefficient (Wildman–Crippen LogP) is 4.32. The Kier molecular flexibility index (Phi) is 7.37. The van der Waals surface area contributed by atoms with E-state index in [9.17, 15) is 5.11 Å². The van der Waals surface area contributed by atoms with Crippen LogP contribution in [0.5, 0.6) is 11.5 Å². The van der Waals surface area contributed by atoms with E-state index in [1.54, 1.807) is 20.3 Å². The van der Waals surface area contributed by atoms with E-state index in [4.69, 9.17) is 9.47 Å². The van der Waals surface area contributed by atoms with E-state index in [2.05, 4.69) is 43.6 Å². The first-order chi connectivity index (χ1) is 10.2. The number of halogens is 1. The third-order valence-electron chi connectivity index (χ3n) is 3.22. The average molecular weight is 388 g/mol. The molecule has 0 spiro atoms. The van der Waals surface area contributed by atoms with Gasteiger partial charge in [0, 0.05) is 0 Å². The van der Waals surface area contributed by atoms with Crippen LogP contribution >= 0.6 is 24.1 Å². The molecule has 1 unspecified atom stereocenters. The first kappa shape index (κ1) is 19.5. The molecule has 0 N–H and O–H groups in total. The second kappa shape index (κ2) is 8.33. The molecule has 0 radical (unpaired) electrons. The number of benzene rings is 1. The zero-order valence-corrected chi connectivity index (χ0v) is 16.7. The summed E-state index contributed by atoms with van der Waals surface area (Å²) >= 11 is 3.42. The lowest BCUT2D eigenvalue weighted by molar-refractivity contribution is -0.207. The molecule has 0 saturated heterocycles. The van der Waals surface area contributed by atoms with Crippen molar-refractivity contribution in [2.24, 2.45) is 11.3 Å². The Bertz CT molecular complexity index is 535. The van der Waals surface area contributed by atoms with Gasteiger partial charge in [0.05, 0.1) is 24.3 Å². The molecule has 3 nitrogen and oxygen atoms in total. The van der Waals surface area contributed by atoms with Crippen molar-refractivity contribution >= 4 is 29.6 Å². The largest absolute Gasteiger partial charge is 0.823 e. The van der Waals surface area contributed by atoms with E-state index >= 15 is 0 Å². The standard InChI is InChI=1S/C17H26BrO3P/c1-11(9-17(2,3)4)10-22-16(19)14-13(20-5)8-7-12(18)15(14)21-6/h7-8,11,19H,9-10H2,1-6H3/p-1. The molecule has 1 rings (SSSR count). The van der Waals surface area contributed by atoms with Gasteiger partial charge in [-0.15, -0.1) is 13.7 Å². The fraction of sp³-hybridized carbons (Fsp3) is 0.588. The molecular formula is C17H25BrO3P-. The van der Waals surface area contributed by atoms with Gasteiger partial charge in [-0.05, 0) is 52.0 Å². The Labute approximate surface area is 144 Å². The summed E-state index contributed by atoms with van der Waals surface area (Å²) in [5.74, 6) is 1.59. The summed E-state index contributed by atoms with van der Waals surface area (Å²) in [7, 11) is 3.91. The van der Waals surface area contributed by atoms with Crippen LogP contribution in [0.2, 0.25) is 0 Å². The quantitative estimate of drug-likeness (QED) is 0.682. The third-order valence-corrected chi connectivity index (χ3v) is 5.16. The zero-order chi connectivity index (χ0) is 16.9. The van der Waals surface area contributed by atoms with E-state index in [0.29, 0.717) is 23.0 Å². The lowest BCUT2D eigenvalue weighted by atomic mass is 9.86. The highest BCUT2D eigenvalue weighted by Crippen LogP contribution is 2.36. The molecule has 0 fully saturated rings. The molecule has 0 aromatic heterocycles. The van der Waals surface area contributed by atoms with Crippen LogP contribution in [0.4, 0.5) is 0 Å². The molecule has 0 amide bonds. The Hall–Kier alpha value is -0.570. The lowest BCUT2D eigenvalue weighted by Gasteiger charge is -2.24. The van der Waals surface area contributed by atoms with Gasteiger partial charge in [0.15, 0.2) is 0 Å². The van der Waals surface area contributed by atoms with Crippen LogP contribution in [0.25, 0.3) is 0 Å². The zero-order valence-electron chi connectivity index (χ0n) is 14.2. The summed E-state index contributed by atoms with van der Waals surface area (Å²) in [5, 5.41) is 12.6. The van der Waals surface area contributed by atoms with Crippen molar-refractivity contribution in [3.63, 3.8) is 0 Å². The smallest absolute Gasteiger partial charge is 0.143 e. The van der Waals surface area contributed by atoms with Gasteiger partial charge in [-0.1, -0.05) is 27.7 Å². The van der Waals surface area contributed by atoms with Crippen molar-refractivity contribution in [2.75, 3.05) is 20.4 Å². The molecule has 5 heteroatoms. The Morgan fingerprint density at radius 1 is 1.27 bits per heavy atom. The summed E-state index contributed by atoms with van der Waals surface area (Å²) in [6.07, 6.45) is 1.94. The molecule has 1 atom stereocenters. The molecule has 0 aliphatic carbocycles. The number of hydrogen-bond donors (Lipinski definition) is 0. The minimum Gasteiger partial charge on any atom is -0.823 e. The Balaban J connectivity index is 3.04. The van der Waals surface area contributed by atoms with Crippen molar-refractivity contribution in [3.05, 3.63) is 22.2 Å². The number of hydrogen-bond acceptors (Lipinski definition) is 3. The summed E-state index contributed by atoms with van der Waals surface area (Å²) in [4.78, 5) is 0. The van der Waals surface area contributed by atoms with Crippen LogP contribution in [0.15, 0.2) is 16.6 Å². The van der Waals surface area contributed by atoms with Gasteiger partial charge in [0.1, 0.15) is 11.5 Å². The van der Waals surface area contributed by atoms with Gasteiger partial charge in [-0.3, -0.25) is 0 Å². The number of ether oxygens (including phenoxy) is 2. The second-order valence-corrected chi connectivity index (χ2v) is 8.62. The summed E-state index contributed by atoms with van der Waals surface area (Å²) in [6, 6.07) is 3.61. The van der Waals surface area contributed by atoms with Crippen LogP contribution in [-0.4, -0.2) is 25.9 Å². The summed E-state index contributed by atoms with van der Waals surface area (Å²) in [5.41, 5.74) is 0.836. The third kappa shape index (κ3) is 5.57. The minimum absolute atomic E-state index is 0.0377. The van der Waals surface area contributed by atoms with Crippen molar-refractivity contribution in [3.8, 4) is 11.5 Å². The minimum atomic E-state index is 0.0377. The number of methoxy groups -OCH3 is 2. The van der Waals surface area contributed by atoms with E-state index in [1.165, 1.54) is 0 Å². The van der Waals surface area contributed by atoms with Gasteiger partial charge >= 0.3 is 0 Å². The molecule has 22 heavy (non-hydrogen) atoms. The maximum atomic E-state index is 12.6. The first-order valence-corrected chi connectivity index (χ1v) is 9.19. The maximum Gasteiger partial charge on any atom is 0.143 e. The maximum absolute atomic E-state index is 12.6. The monoisotopic (exact) mass is 387 g/mol. The number of rotatable bonds is 6. The van der Waals surface area contributed by atoms with E-state index in [-0.39, 0.29) is 10.9 Å². The first-order valence-electron chi connectivity index (χ1n) is 7.32. The Morgan fingerprint density at radius 3 is 2.41 bits per heavy atom. The van der Waals surface area contributed by atoms with Crippen LogP contribution in [0, 0.1) is 11.3 Å². The predicted molar refractivity (Wildman–Crippen MR) is 96.4 cm³/mol. The lowest BCUT2D eigenvalue weighted by Crippen LogP contribution is -2.20. The molecular weight excluding hydrogens is 363 g/mol. The van der Waals surface area contributed by atoms with Crippen molar-refractivity contribution < 1.29 is 14.6 Å². The summed E-state index contributed by atoms with van der Waals surface area (Å²) in [6.45, 7) is 8.87. The van der Waals surface area contributed by atoms with Crippen LogP contribution in [0.3, 0.4) is 0 Å². The summed E-state index contributed by atoms with van der Waals surface area (Å²) < 4.78 is 11.5. The molecule has 0 aliphatic heterocycles. The van der Waals surface area contributed by atoms with Gasteiger partial charge in [-0.25, -0.2) is 0 Å². The SMILES string of the molecule is COc1ccc(Br)c(OC)c1C([O-])=PCC(C)CC(C)(C)C. The molecule has 1 aromatic rings. The molecule has 0 saturated carbocycles. The van der Waals surface area contributed by atoms with Crippen LogP contribution < -0.4 is 14.6 Å². The van der Waals surface area contributed by atoms with Gasteiger partial charge in [-0.2, -0.15) is 0 Å². The topological polar surface area (TPSA) is 41.5 Å². The van der Waals surface area contributed by atoms with Crippen molar-refractivity contribution in [2.45, 2.75) is 34.1 Å². The normalized spacial score (nSPS) is 13.9. The van der Waals surface area contributed by atoms with Crippen LogP contribution in [-0.2, 0) is 0 Å². The van der Waals surface area contributed by atoms with Gasteiger partial charge in [0.2, 0.25) is 0 Å². The van der Waals surface area contributed by atoms with E-state index in [1.807, 2.05) is 6.07 Å². The molecule has 1 aromatic carbocycles. The molecule has 0 aliphatic rings. The van der Waals surface area contributed by atoms with E-state index in [0.717, 1.165) is 25.3 Å². The average Bonchev–Trinajstić information content (AvgIpc) is 2.42. The second-order valence-electron chi connectivity index (χ2n) is 6.67. The fourth-order valence-electron chi connectivity index (χ4n) is 2.54. The van der Waals surface area contributed by atoms with Crippen LogP contribution in [0.1, 0.15) is 39.7 Å². The highest BCUT2D eigenvalue weighted by Gasteiger charge is 2.16. The van der Waals surface area contributed by atoms with Crippen molar-refractivity contribution in [1.29, 1.82) is 0 Å². The van der Waals surface area contributed by atoms with Gasteiger partial charge in [0.25, 0.3) is 0 Å². The Morgan fingerprint density at radius 2 is 1.91 bits per heavy atom. The molecule has 0 bridgehead atoms. The molecule has 0 heterocycles. The fourth-order valence-corrected chi connectivity index (χ4v) is 4.01. The highest BCUT2D eigenvalue weighted by atomic mass is 79.9. The molecule has 124 valence electrons. The van der Waals surface area contributed by atoms with Crippen molar-refractivity contribution in [1.82, 2.24) is 0 Å². The van der Waals surface area contributed by atoms with Gasteiger partial charge < -0.3 is 14.6 Å². The highest BCUT2D eigenvalue weighted by molar-refractivity contribution is 9.10. The van der Waals surface area contributed by atoms with E-state index < -0.39 is 0 Å².